The number of hydrogen-bond acceptors (Lipinski definition) is 5. The van der Waals surface area contributed by atoms with Crippen LogP contribution in [0.5, 0.6) is 5.75 Å². The van der Waals surface area contributed by atoms with Crippen molar-refractivity contribution >= 4 is 10.8 Å². The number of methoxy groups -OCH3 is 1. The Morgan fingerprint density at radius 2 is 1.70 bits per heavy atom. The van der Waals surface area contributed by atoms with Gasteiger partial charge in [-0.2, -0.15) is 0 Å². The standard InChI is InChI=1S/C22H27N3O2/c1-4-24-11-13-25(14-12-24)15-20-16(2)27-22(23-20)19-9-10-21(26-3)18-8-6-5-7-17(18)19/h5-10H,4,11-15H2,1-3H3. The fourth-order valence-electron chi connectivity index (χ4n) is 3.80. The quantitative estimate of drug-likeness (QED) is 0.685. The normalized spacial score (nSPS) is 16.1. The molecule has 1 aliphatic heterocycles. The number of rotatable bonds is 5. The maximum atomic E-state index is 6.08. The van der Waals surface area contributed by atoms with Crippen molar-refractivity contribution in [3.63, 3.8) is 0 Å². The minimum Gasteiger partial charge on any atom is -0.496 e. The van der Waals surface area contributed by atoms with E-state index in [0.717, 1.165) is 72.8 Å². The van der Waals surface area contributed by atoms with Gasteiger partial charge >= 0.3 is 0 Å². The summed E-state index contributed by atoms with van der Waals surface area (Å²) in [7, 11) is 1.70. The molecule has 0 saturated carbocycles. The molecule has 1 aliphatic rings. The first kappa shape index (κ1) is 18.0. The van der Waals surface area contributed by atoms with E-state index in [4.69, 9.17) is 14.1 Å². The zero-order valence-electron chi connectivity index (χ0n) is 16.4. The maximum Gasteiger partial charge on any atom is 0.227 e. The van der Waals surface area contributed by atoms with Crippen molar-refractivity contribution in [1.82, 2.24) is 14.8 Å². The number of ether oxygens (including phenoxy) is 1. The summed E-state index contributed by atoms with van der Waals surface area (Å²) in [5, 5.41) is 2.17. The van der Waals surface area contributed by atoms with Crippen LogP contribution in [0.25, 0.3) is 22.2 Å². The van der Waals surface area contributed by atoms with Gasteiger partial charge in [0, 0.05) is 43.7 Å². The van der Waals surface area contributed by atoms with Gasteiger partial charge < -0.3 is 14.1 Å². The molecule has 0 atom stereocenters. The topological polar surface area (TPSA) is 41.7 Å². The number of aryl methyl sites for hydroxylation is 1. The molecule has 0 amide bonds. The molecular weight excluding hydrogens is 338 g/mol. The monoisotopic (exact) mass is 365 g/mol. The van der Waals surface area contributed by atoms with Crippen molar-refractivity contribution in [3.05, 3.63) is 47.9 Å². The lowest BCUT2D eigenvalue weighted by Crippen LogP contribution is -2.45. The molecule has 27 heavy (non-hydrogen) atoms. The largest absolute Gasteiger partial charge is 0.496 e. The van der Waals surface area contributed by atoms with Crippen LogP contribution in [0.2, 0.25) is 0 Å². The van der Waals surface area contributed by atoms with E-state index in [1.165, 1.54) is 0 Å². The summed E-state index contributed by atoms with van der Waals surface area (Å²) in [6.07, 6.45) is 0. The Hall–Kier alpha value is -2.37. The molecule has 0 N–H and O–H groups in total. The van der Waals surface area contributed by atoms with Crippen molar-refractivity contribution in [2.45, 2.75) is 20.4 Å². The lowest BCUT2D eigenvalue weighted by atomic mass is 10.0. The third-order valence-electron chi connectivity index (χ3n) is 5.51. The third kappa shape index (κ3) is 3.57. The Labute approximate surface area is 160 Å². The lowest BCUT2D eigenvalue weighted by molar-refractivity contribution is 0.130. The van der Waals surface area contributed by atoms with Crippen LogP contribution >= 0.6 is 0 Å². The summed E-state index contributed by atoms with van der Waals surface area (Å²) in [4.78, 5) is 9.81. The molecule has 3 aromatic rings. The van der Waals surface area contributed by atoms with Gasteiger partial charge in [0.15, 0.2) is 0 Å². The average Bonchev–Trinajstić information content (AvgIpc) is 3.07. The number of benzene rings is 2. The predicted molar refractivity (Wildman–Crippen MR) is 108 cm³/mol. The summed E-state index contributed by atoms with van der Waals surface area (Å²) < 4.78 is 11.6. The van der Waals surface area contributed by atoms with E-state index in [-0.39, 0.29) is 0 Å². The molecule has 0 spiro atoms. The molecule has 0 bridgehead atoms. The molecule has 2 heterocycles. The average molecular weight is 365 g/mol. The van der Waals surface area contributed by atoms with Crippen LogP contribution in [0.3, 0.4) is 0 Å². The molecule has 0 unspecified atom stereocenters. The summed E-state index contributed by atoms with van der Waals surface area (Å²) in [5.74, 6) is 2.46. The minimum absolute atomic E-state index is 0.688. The number of piperazine rings is 1. The van der Waals surface area contributed by atoms with Gasteiger partial charge in [-0.3, -0.25) is 4.90 Å². The van der Waals surface area contributed by atoms with E-state index in [0.29, 0.717) is 5.89 Å². The van der Waals surface area contributed by atoms with Crippen LogP contribution in [0.1, 0.15) is 18.4 Å². The molecule has 1 saturated heterocycles. The lowest BCUT2D eigenvalue weighted by Gasteiger charge is -2.33. The molecule has 5 nitrogen and oxygen atoms in total. The van der Waals surface area contributed by atoms with Crippen molar-refractivity contribution in [1.29, 1.82) is 0 Å². The molecular formula is C22H27N3O2. The number of likely N-dealkylation sites (N-methyl/N-ethyl adjacent to an activating group) is 1. The second kappa shape index (κ2) is 7.71. The number of aromatic nitrogens is 1. The second-order valence-corrected chi connectivity index (χ2v) is 7.09. The Kier molecular flexibility index (Phi) is 5.14. The highest BCUT2D eigenvalue weighted by Gasteiger charge is 2.20. The summed E-state index contributed by atoms with van der Waals surface area (Å²) in [6, 6.07) is 12.3. The maximum absolute atomic E-state index is 6.08. The third-order valence-corrected chi connectivity index (χ3v) is 5.51. The van der Waals surface area contributed by atoms with Gasteiger partial charge in [0.05, 0.1) is 12.8 Å². The van der Waals surface area contributed by atoms with Gasteiger partial charge in [-0.1, -0.05) is 31.2 Å². The molecule has 5 heteroatoms. The van der Waals surface area contributed by atoms with Gasteiger partial charge in [-0.15, -0.1) is 0 Å². The van der Waals surface area contributed by atoms with Gasteiger partial charge in [-0.25, -0.2) is 4.98 Å². The fraction of sp³-hybridized carbons (Fsp3) is 0.409. The highest BCUT2D eigenvalue weighted by Crippen LogP contribution is 2.34. The first-order chi connectivity index (χ1) is 13.2. The molecule has 0 radical (unpaired) electrons. The van der Waals surface area contributed by atoms with Crippen molar-refractivity contribution in [3.8, 4) is 17.2 Å². The molecule has 1 fully saturated rings. The van der Waals surface area contributed by atoms with Gasteiger partial charge in [0.1, 0.15) is 11.5 Å². The zero-order chi connectivity index (χ0) is 18.8. The SMILES string of the molecule is CCN1CCN(Cc2nc(-c3ccc(OC)c4ccccc34)oc2C)CC1. The fourth-order valence-corrected chi connectivity index (χ4v) is 3.80. The first-order valence-corrected chi connectivity index (χ1v) is 9.66. The highest BCUT2D eigenvalue weighted by molar-refractivity contribution is 5.98. The van der Waals surface area contributed by atoms with Crippen LogP contribution in [0.15, 0.2) is 40.8 Å². The van der Waals surface area contributed by atoms with Gasteiger partial charge in [-0.05, 0) is 31.0 Å². The predicted octanol–water partition coefficient (Wildman–Crippen LogP) is 3.95. The van der Waals surface area contributed by atoms with Crippen LogP contribution in [0.4, 0.5) is 0 Å². The summed E-state index contributed by atoms with van der Waals surface area (Å²) in [6.45, 7) is 10.6. The first-order valence-electron chi connectivity index (χ1n) is 9.66. The Bertz CT molecular complexity index is 926. The van der Waals surface area contributed by atoms with Crippen LogP contribution < -0.4 is 4.74 Å². The zero-order valence-corrected chi connectivity index (χ0v) is 16.4. The van der Waals surface area contributed by atoms with Crippen LogP contribution in [0, 0.1) is 6.92 Å². The second-order valence-electron chi connectivity index (χ2n) is 7.09. The number of nitrogens with zero attached hydrogens (tertiary/aromatic N) is 3. The van der Waals surface area contributed by atoms with Crippen molar-refractivity contribution < 1.29 is 9.15 Å². The number of hydrogen-bond donors (Lipinski definition) is 0. The van der Waals surface area contributed by atoms with Crippen LogP contribution in [-0.2, 0) is 6.54 Å². The van der Waals surface area contributed by atoms with E-state index in [2.05, 4.69) is 28.9 Å². The summed E-state index contributed by atoms with van der Waals surface area (Å²) in [5.41, 5.74) is 2.05. The van der Waals surface area contributed by atoms with E-state index in [1.54, 1.807) is 7.11 Å². The minimum atomic E-state index is 0.688. The molecule has 0 aliphatic carbocycles. The Balaban J connectivity index is 1.61. The molecule has 142 valence electrons. The summed E-state index contributed by atoms with van der Waals surface area (Å²) >= 11 is 0. The number of fused-ring (bicyclic) bond motifs is 1. The molecule has 1 aromatic heterocycles. The molecule has 4 rings (SSSR count). The van der Waals surface area contributed by atoms with E-state index >= 15 is 0 Å². The van der Waals surface area contributed by atoms with Crippen molar-refractivity contribution in [2.24, 2.45) is 0 Å². The van der Waals surface area contributed by atoms with Gasteiger partial charge in [0.2, 0.25) is 5.89 Å². The van der Waals surface area contributed by atoms with Crippen LogP contribution in [-0.4, -0.2) is 54.6 Å². The number of oxazole rings is 1. The highest BCUT2D eigenvalue weighted by atomic mass is 16.5. The van der Waals surface area contributed by atoms with E-state index in [1.807, 2.05) is 31.2 Å². The van der Waals surface area contributed by atoms with E-state index in [9.17, 15) is 0 Å². The Morgan fingerprint density at radius 1 is 1.00 bits per heavy atom. The van der Waals surface area contributed by atoms with Gasteiger partial charge in [0.25, 0.3) is 0 Å². The van der Waals surface area contributed by atoms with E-state index < -0.39 is 0 Å². The Morgan fingerprint density at radius 3 is 2.41 bits per heavy atom. The smallest absolute Gasteiger partial charge is 0.227 e. The molecule has 2 aromatic carbocycles. The van der Waals surface area contributed by atoms with Crippen molar-refractivity contribution in [2.75, 3.05) is 39.8 Å².